The van der Waals surface area contributed by atoms with Crippen LogP contribution in [0.5, 0.6) is 0 Å². The van der Waals surface area contributed by atoms with Gasteiger partial charge in [-0.2, -0.15) is 23.4 Å². The van der Waals surface area contributed by atoms with Crippen LogP contribution in [0.2, 0.25) is 10.0 Å². The summed E-state index contributed by atoms with van der Waals surface area (Å²) >= 11 is 12.3. The van der Waals surface area contributed by atoms with Crippen molar-refractivity contribution in [1.82, 2.24) is 19.6 Å². The number of aromatic nitrogens is 4. The third-order valence-electron chi connectivity index (χ3n) is 4.00. The number of benzene rings is 1. The van der Waals surface area contributed by atoms with Crippen LogP contribution in [0.25, 0.3) is 0 Å². The zero-order chi connectivity index (χ0) is 20.6. The van der Waals surface area contributed by atoms with Gasteiger partial charge in [-0.1, -0.05) is 29.3 Å². The Labute approximate surface area is 167 Å². The van der Waals surface area contributed by atoms with E-state index in [0.29, 0.717) is 27.4 Å². The molecule has 0 radical (unpaired) electrons. The maximum Gasteiger partial charge on any atom is 0.435 e. The number of hydrogen-bond acceptors (Lipinski definition) is 3. The van der Waals surface area contributed by atoms with Crippen molar-refractivity contribution < 1.29 is 18.0 Å². The van der Waals surface area contributed by atoms with Gasteiger partial charge in [0, 0.05) is 40.5 Å². The number of nitrogens with one attached hydrogen (secondary N) is 1. The Kier molecular flexibility index (Phi) is 5.40. The standard InChI is InChI=1S/C17H14Cl2F3N5O/c1-9-6-15(25-27(9)8-10-11(18)4-3-5-12(10)19)23-16(28)13-7-14(17(20,21)22)24-26(13)2/h3-7H,8H2,1-2H3,(H,23,25,28). The van der Waals surface area contributed by atoms with Crippen LogP contribution < -0.4 is 5.32 Å². The fourth-order valence-corrected chi connectivity index (χ4v) is 3.08. The molecule has 0 saturated heterocycles. The fraction of sp³-hybridized carbons (Fsp3) is 0.235. The molecule has 0 aliphatic heterocycles. The first-order chi connectivity index (χ1) is 13.1. The van der Waals surface area contributed by atoms with E-state index in [0.717, 1.165) is 4.68 Å². The molecule has 3 rings (SSSR count). The molecule has 0 spiro atoms. The minimum absolute atomic E-state index is 0.181. The van der Waals surface area contributed by atoms with Crippen LogP contribution in [0.4, 0.5) is 19.0 Å². The number of nitrogens with zero attached hydrogens (tertiary/aromatic N) is 4. The van der Waals surface area contributed by atoms with Crippen molar-refractivity contribution >= 4 is 34.9 Å². The molecule has 3 aromatic rings. The maximum atomic E-state index is 12.8. The number of aryl methyl sites for hydroxylation is 2. The third kappa shape index (κ3) is 4.15. The van der Waals surface area contributed by atoms with Crippen molar-refractivity contribution in [1.29, 1.82) is 0 Å². The molecule has 28 heavy (non-hydrogen) atoms. The van der Waals surface area contributed by atoms with Crippen molar-refractivity contribution in [3.05, 3.63) is 63.0 Å². The molecule has 0 atom stereocenters. The average molecular weight is 432 g/mol. The summed E-state index contributed by atoms with van der Waals surface area (Å²) in [6.45, 7) is 2.03. The highest BCUT2D eigenvalue weighted by atomic mass is 35.5. The molecule has 0 fully saturated rings. The first-order valence-electron chi connectivity index (χ1n) is 7.96. The van der Waals surface area contributed by atoms with Crippen LogP contribution in [0.1, 0.15) is 27.4 Å². The van der Waals surface area contributed by atoms with E-state index < -0.39 is 17.8 Å². The van der Waals surface area contributed by atoms with Gasteiger partial charge in [-0.25, -0.2) is 0 Å². The van der Waals surface area contributed by atoms with Crippen molar-refractivity contribution in [2.24, 2.45) is 7.05 Å². The maximum absolute atomic E-state index is 12.8. The summed E-state index contributed by atoms with van der Waals surface area (Å²) < 4.78 is 40.7. The lowest BCUT2D eigenvalue weighted by Gasteiger charge is -2.08. The van der Waals surface area contributed by atoms with Crippen LogP contribution in [-0.2, 0) is 19.8 Å². The fourth-order valence-electron chi connectivity index (χ4n) is 2.56. The predicted octanol–water partition coefficient (Wildman–Crippen LogP) is 4.55. The Morgan fingerprint density at radius 2 is 1.82 bits per heavy atom. The quantitative estimate of drug-likeness (QED) is 0.658. The van der Waals surface area contributed by atoms with Crippen LogP contribution in [0.15, 0.2) is 30.3 Å². The highest BCUT2D eigenvalue weighted by Gasteiger charge is 2.35. The molecule has 1 amide bonds. The largest absolute Gasteiger partial charge is 0.435 e. The number of amides is 1. The van der Waals surface area contributed by atoms with Gasteiger partial charge in [0.1, 0.15) is 5.69 Å². The van der Waals surface area contributed by atoms with Gasteiger partial charge in [0.25, 0.3) is 5.91 Å². The molecule has 6 nitrogen and oxygen atoms in total. The lowest BCUT2D eigenvalue weighted by Crippen LogP contribution is -2.16. The van der Waals surface area contributed by atoms with Crippen LogP contribution in [-0.4, -0.2) is 25.5 Å². The summed E-state index contributed by atoms with van der Waals surface area (Å²) in [7, 11) is 1.26. The number of carbonyl (C=O) groups is 1. The van der Waals surface area contributed by atoms with Gasteiger partial charge in [-0.05, 0) is 19.1 Å². The van der Waals surface area contributed by atoms with Gasteiger partial charge < -0.3 is 5.32 Å². The van der Waals surface area contributed by atoms with Crippen LogP contribution in [0.3, 0.4) is 0 Å². The van der Waals surface area contributed by atoms with E-state index in [4.69, 9.17) is 23.2 Å². The number of rotatable bonds is 4. The molecule has 2 aromatic heterocycles. The summed E-state index contributed by atoms with van der Waals surface area (Å²) in [5, 5.41) is 11.0. The van der Waals surface area contributed by atoms with Gasteiger partial charge in [-0.15, -0.1) is 0 Å². The SMILES string of the molecule is Cc1cc(NC(=O)c2cc(C(F)(F)F)nn2C)nn1Cc1c(Cl)cccc1Cl. The van der Waals surface area contributed by atoms with E-state index in [9.17, 15) is 18.0 Å². The molecular weight excluding hydrogens is 418 g/mol. The first-order valence-corrected chi connectivity index (χ1v) is 8.72. The van der Waals surface area contributed by atoms with Gasteiger partial charge in [0.2, 0.25) is 0 Å². The molecule has 0 saturated carbocycles. The molecular formula is C17H14Cl2F3N5O. The van der Waals surface area contributed by atoms with E-state index in [-0.39, 0.29) is 18.1 Å². The summed E-state index contributed by atoms with van der Waals surface area (Å²) in [4.78, 5) is 12.3. The Morgan fingerprint density at radius 1 is 1.18 bits per heavy atom. The minimum Gasteiger partial charge on any atom is -0.304 e. The Balaban J connectivity index is 1.80. The van der Waals surface area contributed by atoms with E-state index in [1.165, 1.54) is 7.05 Å². The average Bonchev–Trinajstić information content (AvgIpc) is 3.14. The second-order valence-electron chi connectivity index (χ2n) is 6.02. The monoisotopic (exact) mass is 431 g/mol. The van der Waals surface area contributed by atoms with Crippen molar-refractivity contribution in [3.63, 3.8) is 0 Å². The molecule has 0 unspecified atom stereocenters. The molecule has 0 aliphatic carbocycles. The highest BCUT2D eigenvalue weighted by Crippen LogP contribution is 2.29. The van der Waals surface area contributed by atoms with Gasteiger partial charge >= 0.3 is 6.18 Å². The normalized spacial score (nSPS) is 11.7. The van der Waals surface area contributed by atoms with Crippen molar-refractivity contribution in [3.8, 4) is 0 Å². The zero-order valence-electron chi connectivity index (χ0n) is 14.7. The lowest BCUT2D eigenvalue weighted by molar-refractivity contribution is -0.141. The lowest BCUT2D eigenvalue weighted by atomic mass is 10.2. The Morgan fingerprint density at radius 3 is 2.39 bits per heavy atom. The smallest absolute Gasteiger partial charge is 0.304 e. The number of hydrogen-bond donors (Lipinski definition) is 1. The van der Waals surface area contributed by atoms with E-state index in [1.807, 2.05) is 0 Å². The highest BCUT2D eigenvalue weighted by molar-refractivity contribution is 6.35. The van der Waals surface area contributed by atoms with Crippen molar-refractivity contribution in [2.45, 2.75) is 19.6 Å². The molecule has 148 valence electrons. The Bertz CT molecular complexity index is 1020. The van der Waals surface area contributed by atoms with Gasteiger partial charge in [0.05, 0.1) is 6.54 Å². The van der Waals surface area contributed by atoms with Crippen LogP contribution in [0, 0.1) is 6.92 Å². The summed E-state index contributed by atoms with van der Waals surface area (Å²) in [5.74, 6) is -0.577. The zero-order valence-corrected chi connectivity index (χ0v) is 16.2. The topological polar surface area (TPSA) is 64.7 Å². The van der Waals surface area contributed by atoms with Gasteiger partial charge in [-0.3, -0.25) is 14.2 Å². The van der Waals surface area contributed by atoms with E-state index in [1.54, 1.807) is 35.9 Å². The molecule has 2 heterocycles. The number of halogens is 5. The molecule has 0 aliphatic rings. The van der Waals surface area contributed by atoms with E-state index in [2.05, 4.69) is 15.5 Å². The number of alkyl halides is 3. The minimum atomic E-state index is -4.64. The van der Waals surface area contributed by atoms with E-state index >= 15 is 0 Å². The second kappa shape index (κ2) is 7.48. The third-order valence-corrected chi connectivity index (χ3v) is 4.70. The summed E-state index contributed by atoms with van der Waals surface area (Å²) in [5.41, 5.74) is -0.0208. The van der Waals surface area contributed by atoms with Crippen LogP contribution >= 0.6 is 23.2 Å². The molecule has 0 bridgehead atoms. The summed E-state index contributed by atoms with van der Waals surface area (Å²) in [6, 6.07) is 7.39. The predicted molar refractivity (Wildman–Crippen MR) is 98.7 cm³/mol. The molecule has 1 aromatic carbocycles. The summed E-state index contributed by atoms with van der Waals surface area (Å²) in [6.07, 6.45) is -4.64. The van der Waals surface area contributed by atoms with Crippen molar-refractivity contribution in [2.75, 3.05) is 5.32 Å². The molecule has 1 N–H and O–H groups in total. The molecule has 11 heteroatoms. The number of carbonyl (C=O) groups excluding carboxylic acids is 1. The second-order valence-corrected chi connectivity index (χ2v) is 6.83. The first kappa shape index (κ1) is 20.2. The number of anilines is 1. The Hall–Kier alpha value is -2.52. The van der Waals surface area contributed by atoms with Gasteiger partial charge in [0.15, 0.2) is 11.5 Å².